The Labute approximate surface area is 170 Å². The Hall–Kier alpha value is -4.61. The molecular formula is C18H19N7O5. The third-order valence-electron chi connectivity index (χ3n) is 3.27. The zero-order valence-corrected chi connectivity index (χ0v) is 15.8. The molecule has 0 radical (unpaired) electrons. The molecule has 0 bridgehead atoms. The van der Waals surface area contributed by atoms with Gasteiger partial charge in [0.2, 0.25) is 5.91 Å². The highest BCUT2D eigenvalue weighted by molar-refractivity contribution is 5.94. The van der Waals surface area contributed by atoms with E-state index in [-0.39, 0.29) is 28.9 Å². The molecule has 12 heteroatoms. The second-order valence-corrected chi connectivity index (χ2v) is 5.37. The van der Waals surface area contributed by atoms with Crippen LogP contribution in [0.5, 0.6) is 0 Å². The highest BCUT2D eigenvalue weighted by Gasteiger charge is 2.08. The normalized spacial score (nSPS) is 9.23. The molecule has 0 aliphatic heterocycles. The first-order chi connectivity index (χ1) is 14.1. The Morgan fingerprint density at radius 2 is 1.17 bits per heavy atom. The molecule has 30 heavy (non-hydrogen) atoms. The largest absolute Gasteiger partial charge is 0.476 e. The molecule has 2 aromatic heterocycles. The van der Waals surface area contributed by atoms with E-state index in [9.17, 15) is 14.4 Å². The van der Waals surface area contributed by atoms with E-state index in [0.29, 0.717) is 5.56 Å². The second kappa shape index (κ2) is 11.3. The fraction of sp³-hybridized carbons (Fsp3) is 0.0556. The lowest BCUT2D eigenvalue weighted by Gasteiger charge is -1.97. The molecule has 0 saturated heterocycles. The van der Waals surface area contributed by atoms with Crippen LogP contribution in [0.15, 0.2) is 49.1 Å². The number of rotatable bonds is 3. The number of carbonyl (C=O) groups excluding carboxylic acids is 1. The number of hydrogen-bond donors (Lipinski definition) is 5. The number of hydrogen-bond acceptors (Lipinski definition) is 9. The molecule has 2 heterocycles. The molecule has 12 nitrogen and oxygen atoms in total. The van der Waals surface area contributed by atoms with Gasteiger partial charge in [-0.2, -0.15) is 0 Å². The molecule has 0 aliphatic rings. The Bertz CT molecular complexity index is 911. The van der Waals surface area contributed by atoms with Gasteiger partial charge in [0, 0.05) is 30.4 Å². The molecule has 0 spiro atoms. The molecule has 3 rings (SSSR count). The fourth-order valence-corrected chi connectivity index (χ4v) is 1.88. The van der Waals surface area contributed by atoms with Crippen LogP contribution < -0.4 is 17.2 Å². The van der Waals surface area contributed by atoms with Crippen molar-refractivity contribution < 1.29 is 24.6 Å². The minimum atomic E-state index is -1.16. The van der Waals surface area contributed by atoms with Gasteiger partial charge in [-0.15, -0.1) is 0 Å². The van der Waals surface area contributed by atoms with Gasteiger partial charge < -0.3 is 27.4 Å². The highest BCUT2D eigenvalue weighted by atomic mass is 16.4. The molecule has 1 aromatic carbocycles. The number of nitrogen functional groups attached to an aromatic ring is 2. The summed E-state index contributed by atoms with van der Waals surface area (Å²) in [5.41, 5.74) is 16.5. The number of carboxylic acid groups (broad SMARTS) is 2. The van der Waals surface area contributed by atoms with Crippen LogP contribution in [0.25, 0.3) is 0 Å². The number of primary amides is 1. The lowest BCUT2D eigenvalue weighted by Crippen LogP contribution is -2.12. The zero-order chi connectivity index (χ0) is 22.7. The van der Waals surface area contributed by atoms with Gasteiger partial charge in [0.15, 0.2) is 23.0 Å². The summed E-state index contributed by atoms with van der Waals surface area (Å²) in [6.07, 6.45) is 5.23. The Balaban J connectivity index is 0.000000225. The summed E-state index contributed by atoms with van der Waals surface area (Å²) in [5, 5.41) is 16.8. The van der Waals surface area contributed by atoms with E-state index in [2.05, 4.69) is 19.9 Å². The third kappa shape index (κ3) is 7.19. The fourth-order valence-electron chi connectivity index (χ4n) is 1.88. The van der Waals surface area contributed by atoms with Gasteiger partial charge in [0.05, 0.1) is 0 Å². The lowest BCUT2D eigenvalue weighted by molar-refractivity contribution is 0.0680. The van der Waals surface area contributed by atoms with Crippen molar-refractivity contribution in [3.05, 3.63) is 71.6 Å². The third-order valence-corrected chi connectivity index (χ3v) is 3.27. The van der Waals surface area contributed by atoms with Gasteiger partial charge in [0.1, 0.15) is 0 Å². The first-order valence-electron chi connectivity index (χ1n) is 8.10. The van der Waals surface area contributed by atoms with Crippen LogP contribution in [-0.2, 0) is 0 Å². The van der Waals surface area contributed by atoms with Crippen LogP contribution in [-0.4, -0.2) is 48.0 Å². The number of carbonyl (C=O) groups is 3. The number of benzene rings is 1. The number of nitrogens with two attached hydrogens (primary N) is 3. The van der Waals surface area contributed by atoms with Crippen LogP contribution in [0.4, 0.5) is 11.6 Å². The monoisotopic (exact) mass is 413 g/mol. The molecule has 0 aliphatic carbocycles. The van der Waals surface area contributed by atoms with E-state index < -0.39 is 11.9 Å². The molecule has 0 saturated carbocycles. The van der Waals surface area contributed by atoms with Crippen molar-refractivity contribution in [1.82, 2.24) is 19.9 Å². The van der Waals surface area contributed by atoms with Crippen molar-refractivity contribution in [2.75, 3.05) is 11.5 Å². The summed E-state index contributed by atoms with van der Waals surface area (Å²) >= 11 is 0. The quantitative estimate of drug-likeness (QED) is 0.400. The second-order valence-electron chi connectivity index (χ2n) is 5.37. The number of aryl methyl sites for hydroxylation is 1. The van der Waals surface area contributed by atoms with Gasteiger partial charge >= 0.3 is 11.9 Å². The topological polar surface area (TPSA) is 221 Å². The van der Waals surface area contributed by atoms with Crippen molar-refractivity contribution in [2.45, 2.75) is 6.92 Å². The van der Waals surface area contributed by atoms with E-state index in [1.807, 2.05) is 19.1 Å². The average Bonchev–Trinajstić information content (AvgIpc) is 2.69. The van der Waals surface area contributed by atoms with Gasteiger partial charge in [-0.3, -0.25) is 4.79 Å². The van der Waals surface area contributed by atoms with Gasteiger partial charge in [0.25, 0.3) is 0 Å². The molecule has 0 unspecified atom stereocenters. The summed E-state index contributed by atoms with van der Waals surface area (Å²) < 4.78 is 0. The van der Waals surface area contributed by atoms with E-state index in [1.54, 1.807) is 12.1 Å². The molecule has 0 atom stereocenters. The predicted octanol–water partition coefficient (Wildman–Crippen LogP) is 0.608. The number of anilines is 2. The Morgan fingerprint density at radius 1 is 0.767 bits per heavy atom. The highest BCUT2D eigenvalue weighted by Crippen LogP contribution is 2.04. The zero-order valence-electron chi connectivity index (χ0n) is 15.8. The van der Waals surface area contributed by atoms with E-state index in [0.717, 1.165) is 5.56 Å². The minimum absolute atomic E-state index is 0.0602. The predicted molar refractivity (Wildman–Crippen MR) is 107 cm³/mol. The molecule has 1 amide bonds. The van der Waals surface area contributed by atoms with Crippen LogP contribution in [0, 0.1) is 6.92 Å². The van der Waals surface area contributed by atoms with E-state index >= 15 is 0 Å². The van der Waals surface area contributed by atoms with Gasteiger partial charge in [-0.1, -0.05) is 18.2 Å². The maximum absolute atomic E-state index is 10.6. The van der Waals surface area contributed by atoms with E-state index in [4.69, 9.17) is 27.4 Å². The molecule has 0 fully saturated rings. The number of amides is 1. The average molecular weight is 413 g/mol. The van der Waals surface area contributed by atoms with Crippen molar-refractivity contribution in [3.63, 3.8) is 0 Å². The number of carboxylic acids is 2. The Morgan fingerprint density at radius 3 is 1.43 bits per heavy atom. The van der Waals surface area contributed by atoms with Crippen LogP contribution in [0.1, 0.15) is 36.9 Å². The summed E-state index contributed by atoms with van der Waals surface area (Å²) in [5.74, 6) is -2.81. The van der Waals surface area contributed by atoms with Crippen molar-refractivity contribution in [3.8, 4) is 0 Å². The number of aromatic carboxylic acids is 2. The summed E-state index contributed by atoms with van der Waals surface area (Å²) in [6.45, 7) is 1.86. The molecule has 3 aromatic rings. The molecule has 156 valence electrons. The minimum Gasteiger partial charge on any atom is -0.476 e. The maximum atomic E-state index is 10.6. The first-order valence-corrected chi connectivity index (χ1v) is 8.10. The van der Waals surface area contributed by atoms with Crippen LogP contribution in [0.2, 0.25) is 0 Å². The SMILES string of the molecule is Cc1ccccc1C(N)=O.Nc1nccnc1C(=O)O.Nc1nccnc1C(=O)O. The summed E-state index contributed by atoms with van der Waals surface area (Å²) in [7, 11) is 0. The van der Waals surface area contributed by atoms with Gasteiger partial charge in [-0.25, -0.2) is 29.5 Å². The van der Waals surface area contributed by atoms with Crippen molar-refractivity contribution >= 4 is 29.5 Å². The standard InChI is InChI=1S/C8H9NO.2C5H5N3O2/c1-6-4-2-3-5-7(6)8(9)10;2*6-4-3(5(9)10)7-1-2-8-4/h2-5H,1H3,(H2,9,10);2*1-2H,(H2,6,8)(H,9,10). The smallest absolute Gasteiger partial charge is 0.358 e. The first kappa shape index (κ1) is 23.4. The van der Waals surface area contributed by atoms with Crippen molar-refractivity contribution in [1.29, 1.82) is 0 Å². The Kier molecular flexibility index (Phi) is 8.81. The lowest BCUT2D eigenvalue weighted by atomic mass is 10.1. The maximum Gasteiger partial charge on any atom is 0.358 e. The van der Waals surface area contributed by atoms with E-state index in [1.165, 1.54) is 24.8 Å². The van der Waals surface area contributed by atoms with Crippen molar-refractivity contribution in [2.24, 2.45) is 5.73 Å². The summed E-state index contributed by atoms with van der Waals surface area (Å²) in [6, 6.07) is 7.26. The van der Waals surface area contributed by atoms with Crippen LogP contribution in [0.3, 0.4) is 0 Å². The number of aromatic nitrogens is 4. The molecular weight excluding hydrogens is 394 g/mol. The molecule has 8 N–H and O–H groups in total. The summed E-state index contributed by atoms with van der Waals surface area (Å²) in [4.78, 5) is 45.2. The van der Waals surface area contributed by atoms with Gasteiger partial charge in [-0.05, 0) is 18.6 Å². The number of nitrogens with zero attached hydrogens (tertiary/aromatic N) is 4. The van der Waals surface area contributed by atoms with Crippen LogP contribution >= 0.6 is 0 Å².